The van der Waals surface area contributed by atoms with E-state index in [0.29, 0.717) is 43.1 Å². The van der Waals surface area contributed by atoms with E-state index >= 15 is 0 Å². The van der Waals surface area contributed by atoms with Crippen molar-refractivity contribution in [2.75, 3.05) is 31.6 Å². The lowest BCUT2D eigenvalue weighted by atomic mass is 10.0. The summed E-state index contributed by atoms with van der Waals surface area (Å²) < 4.78 is 44.4. The van der Waals surface area contributed by atoms with E-state index in [9.17, 15) is 18.0 Å². The van der Waals surface area contributed by atoms with Crippen LogP contribution in [0.4, 0.5) is 24.7 Å². The van der Waals surface area contributed by atoms with Gasteiger partial charge >= 0.3 is 6.18 Å². The number of amides is 1. The van der Waals surface area contributed by atoms with Crippen molar-refractivity contribution in [3.63, 3.8) is 0 Å². The number of fused-ring (bicyclic) bond motifs is 1. The number of aromatic nitrogens is 1. The van der Waals surface area contributed by atoms with E-state index in [2.05, 4.69) is 10.3 Å². The van der Waals surface area contributed by atoms with Crippen molar-refractivity contribution in [2.45, 2.75) is 13.1 Å². The Bertz CT molecular complexity index is 1090. The predicted octanol–water partition coefficient (Wildman–Crippen LogP) is 4.78. The fourth-order valence-electron chi connectivity index (χ4n) is 3.59. The van der Waals surface area contributed by atoms with Crippen molar-refractivity contribution in [3.8, 4) is 0 Å². The standard InChI is InChI=1S/C22H20F3N3O2/c1-14-4-2-7-17-19(14)18(21(29)28-8-10-30-11-9-28)13-26-20(17)27-16-6-3-5-15(12-16)22(23,24)25/h2-7,12-13H,8-11H2,1H3,(H,26,27). The van der Waals surface area contributed by atoms with Crippen LogP contribution in [-0.4, -0.2) is 42.1 Å². The molecular formula is C22H20F3N3O2. The summed E-state index contributed by atoms with van der Waals surface area (Å²) in [5.74, 6) is 0.266. The van der Waals surface area contributed by atoms with Gasteiger partial charge in [0, 0.05) is 35.7 Å². The Hall–Kier alpha value is -3.13. The highest BCUT2D eigenvalue weighted by molar-refractivity contribution is 6.10. The summed E-state index contributed by atoms with van der Waals surface area (Å²) in [4.78, 5) is 19.2. The average Bonchev–Trinajstić information content (AvgIpc) is 2.74. The first-order valence-electron chi connectivity index (χ1n) is 9.54. The van der Waals surface area contributed by atoms with Gasteiger partial charge in [0.05, 0.1) is 24.3 Å². The van der Waals surface area contributed by atoms with Crippen molar-refractivity contribution in [3.05, 3.63) is 65.4 Å². The number of hydrogen-bond donors (Lipinski definition) is 1. The number of nitrogens with zero attached hydrogens (tertiary/aromatic N) is 2. The molecule has 3 aromatic rings. The lowest BCUT2D eigenvalue weighted by Crippen LogP contribution is -2.40. The molecule has 1 aromatic heterocycles. The minimum atomic E-state index is -4.43. The molecule has 1 aliphatic heterocycles. The first kappa shape index (κ1) is 20.2. The van der Waals surface area contributed by atoms with Gasteiger partial charge < -0.3 is 15.0 Å². The monoisotopic (exact) mass is 415 g/mol. The number of aryl methyl sites for hydroxylation is 1. The Labute approximate surface area is 171 Å². The second-order valence-electron chi connectivity index (χ2n) is 7.13. The molecule has 0 unspecified atom stereocenters. The quantitative estimate of drug-likeness (QED) is 0.669. The molecule has 30 heavy (non-hydrogen) atoms. The maximum atomic E-state index is 13.1. The lowest BCUT2D eigenvalue weighted by molar-refractivity contribution is -0.137. The average molecular weight is 415 g/mol. The van der Waals surface area contributed by atoms with Crippen molar-refractivity contribution in [2.24, 2.45) is 0 Å². The number of hydrogen-bond acceptors (Lipinski definition) is 4. The van der Waals surface area contributed by atoms with Gasteiger partial charge in [0.1, 0.15) is 5.82 Å². The van der Waals surface area contributed by atoms with Crippen molar-refractivity contribution < 1.29 is 22.7 Å². The van der Waals surface area contributed by atoms with E-state index in [1.807, 2.05) is 19.1 Å². The van der Waals surface area contributed by atoms with Gasteiger partial charge in [-0.05, 0) is 30.7 Å². The highest BCUT2D eigenvalue weighted by Gasteiger charge is 2.30. The number of ether oxygens (including phenoxy) is 1. The highest BCUT2D eigenvalue weighted by atomic mass is 19.4. The number of rotatable bonds is 3. The molecule has 8 heteroatoms. The SMILES string of the molecule is Cc1cccc2c(Nc3cccc(C(F)(F)F)c3)ncc(C(=O)N3CCOCC3)c12. The molecule has 4 rings (SSSR count). The van der Waals surface area contributed by atoms with E-state index in [4.69, 9.17) is 4.74 Å². The zero-order valence-corrected chi connectivity index (χ0v) is 16.3. The fourth-order valence-corrected chi connectivity index (χ4v) is 3.59. The molecule has 0 spiro atoms. The number of alkyl halides is 3. The molecule has 0 saturated carbocycles. The summed E-state index contributed by atoms with van der Waals surface area (Å²) in [5, 5.41) is 4.38. The fraction of sp³-hybridized carbons (Fsp3) is 0.273. The third-order valence-corrected chi connectivity index (χ3v) is 5.10. The van der Waals surface area contributed by atoms with Crippen LogP contribution in [0.15, 0.2) is 48.7 Å². The van der Waals surface area contributed by atoms with E-state index < -0.39 is 11.7 Å². The van der Waals surface area contributed by atoms with Crippen molar-refractivity contribution in [1.82, 2.24) is 9.88 Å². The van der Waals surface area contributed by atoms with Gasteiger partial charge in [0.2, 0.25) is 0 Å². The van der Waals surface area contributed by atoms with Crippen LogP contribution in [0.25, 0.3) is 10.8 Å². The van der Waals surface area contributed by atoms with E-state index in [1.54, 1.807) is 17.0 Å². The van der Waals surface area contributed by atoms with Gasteiger partial charge in [-0.3, -0.25) is 4.79 Å². The van der Waals surface area contributed by atoms with Crippen LogP contribution in [0.1, 0.15) is 21.5 Å². The van der Waals surface area contributed by atoms with Gasteiger partial charge in [0.25, 0.3) is 5.91 Å². The minimum absolute atomic E-state index is 0.129. The van der Waals surface area contributed by atoms with Gasteiger partial charge in [0.15, 0.2) is 0 Å². The molecule has 1 N–H and O–H groups in total. The normalized spacial score (nSPS) is 14.7. The Balaban J connectivity index is 1.74. The van der Waals surface area contributed by atoms with Crippen molar-refractivity contribution in [1.29, 1.82) is 0 Å². The van der Waals surface area contributed by atoms with Crippen LogP contribution in [0.3, 0.4) is 0 Å². The van der Waals surface area contributed by atoms with E-state index in [-0.39, 0.29) is 11.6 Å². The number of halogens is 3. The zero-order valence-electron chi connectivity index (χ0n) is 16.3. The zero-order chi connectivity index (χ0) is 21.3. The predicted molar refractivity (Wildman–Crippen MR) is 108 cm³/mol. The molecule has 0 atom stereocenters. The summed E-state index contributed by atoms with van der Waals surface area (Å²) in [7, 11) is 0. The van der Waals surface area contributed by atoms with Crippen LogP contribution < -0.4 is 5.32 Å². The lowest BCUT2D eigenvalue weighted by Gasteiger charge is -2.27. The summed E-state index contributed by atoms with van der Waals surface area (Å²) in [6.45, 7) is 3.90. The number of carbonyl (C=O) groups is 1. The summed E-state index contributed by atoms with van der Waals surface area (Å²) in [5.41, 5.74) is 0.887. The smallest absolute Gasteiger partial charge is 0.378 e. The Kier molecular flexibility index (Phi) is 5.34. The maximum Gasteiger partial charge on any atom is 0.416 e. The topological polar surface area (TPSA) is 54.5 Å². The maximum absolute atomic E-state index is 13.1. The number of carbonyl (C=O) groups excluding carboxylic acids is 1. The van der Waals surface area contributed by atoms with Crippen LogP contribution in [0, 0.1) is 6.92 Å². The Morgan fingerprint density at radius 1 is 1.13 bits per heavy atom. The van der Waals surface area contributed by atoms with Gasteiger partial charge in [-0.15, -0.1) is 0 Å². The summed E-state index contributed by atoms with van der Waals surface area (Å²) in [6, 6.07) is 10.5. The number of pyridine rings is 1. The molecule has 1 amide bonds. The first-order valence-corrected chi connectivity index (χ1v) is 9.54. The molecule has 0 bridgehead atoms. The van der Waals surface area contributed by atoms with Crippen LogP contribution in [0.5, 0.6) is 0 Å². The van der Waals surface area contributed by atoms with Crippen LogP contribution in [0.2, 0.25) is 0 Å². The third kappa shape index (κ3) is 3.95. The van der Waals surface area contributed by atoms with E-state index in [1.165, 1.54) is 12.3 Å². The first-order chi connectivity index (χ1) is 14.3. The van der Waals surface area contributed by atoms with Crippen molar-refractivity contribution >= 4 is 28.2 Å². The summed E-state index contributed by atoms with van der Waals surface area (Å²) in [6.07, 6.45) is -2.94. The molecule has 2 heterocycles. The largest absolute Gasteiger partial charge is 0.416 e. The number of benzene rings is 2. The van der Waals surface area contributed by atoms with Gasteiger partial charge in [-0.25, -0.2) is 4.98 Å². The molecule has 1 aliphatic rings. The minimum Gasteiger partial charge on any atom is -0.378 e. The molecule has 0 aliphatic carbocycles. The van der Waals surface area contributed by atoms with Gasteiger partial charge in [-0.1, -0.05) is 24.3 Å². The number of nitrogens with one attached hydrogen (secondary N) is 1. The summed E-state index contributed by atoms with van der Waals surface area (Å²) >= 11 is 0. The molecule has 5 nitrogen and oxygen atoms in total. The second-order valence-corrected chi connectivity index (χ2v) is 7.13. The Morgan fingerprint density at radius 3 is 2.60 bits per heavy atom. The van der Waals surface area contributed by atoms with Gasteiger partial charge in [-0.2, -0.15) is 13.2 Å². The van der Waals surface area contributed by atoms with Crippen LogP contribution >= 0.6 is 0 Å². The third-order valence-electron chi connectivity index (χ3n) is 5.10. The molecule has 2 aromatic carbocycles. The molecule has 0 radical (unpaired) electrons. The van der Waals surface area contributed by atoms with E-state index in [0.717, 1.165) is 23.1 Å². The molecule has 1 saturated heterocycles. The highest BCUT2D eigenvalue weighted by Crippen LogP contribution is 2.33. The number of anilines is 2. The van der Waals surface area contributed by atoms with Crippen LogP contribution in [-0.2, 0) is 10.9 Å². The number of morpholine rings is 1. The molecule has 1 fully saturated rings. The Morgan fingerprint density at radius 2 is 1.87 bits per heavy atom. The second kappa shape index (κ2) is 7.95. The molecule has 156 valence electrons. The molecular weight excluding hydrogens is 395 g/mol.